The van der Waals surface area contributed by atoms with E-state index in [2.05, 4.69) is 47.0 Å². The topological polar surface area (TPSA) is 12.0 Å². The van der Waals surface area contributed by atoms with Crippen LogP contribution in [0.5, 0.6) is 0 Å². The molecule has 12 heavy (non-hydrogen) atoms. The quantitative estimate of drug-likeness (QED) is 0.685. The lowest BCUT2D eigenvalue weighted by Gasteiger charge is -2.26. The van der Waals surface area contributed by atoms with Gasteiger partial charge in [0, 0.05) is 6.04 Å². The predicted molar refractivity (Wildman–Crippen MR) is 56.4 cm³/mol. The highest BCUT2D eigenvalue weighted by molar-refractivity contribution is 4.74. The maximum absolute atomic E-state index is 3.39. The summed E-state index contributed by atoms with van der Waals surface area (Å²) in [6.45, 7) is 11.5. The second kappa shape index (κ2) is 4.86. The maximum Gasteiger partial charge on any atom is 0.00714 e. The van der Waals surface area contributed by atoms with Gasteiger partial charge in [-0.1, -0.05) is 34.6 Å². The lowest BCUT2D eigenvalue weighted by Crippen LogP contribution is -2.31. The van der Waals surface area contributed by atoms with Gasteiger partial charge in [0.25, 0.3) is 0 Å². The summed E-state index contributed by atoms with van der Waals surface area (Å²) >= 11 is 0. The van der Waals surface area contributed by atoms with Crippen LogP contribution in [0.25, 0.3) is 0 Å². The smallest absolute Gasteiger partial charge is 0.00714 e. The molecule has 0 rings (SSSR count). The molecule has 1 N–H and O–H groups in total. The van der Waals surface area contributed by atoms with E-state index in [0.29, 0.717) is 11.5 Å². The van der Waals surface area contributed by atoms with Crippen molar-refractivity contribution in [3.05, 3.63) is 0 Å². The number of hydrogen-bond donors (Lipinski definition) is 1. The molecular formula is C11H25N. The van der Waals surface area contributed by atoms with Crippen LogP contribution in [-0.4, -0.2) is 13.1 Å². The molecule has 0 aliphatic rings. The zero-order valence-electron chi connectivity index (χ0n) is 9.57. The molecule has 0 aromatic carbocycles. The van der Waals surface area contributed by atoms with Crippen LogP contribution in [0.2, 0.25) is 0 Å². The van der Waals surface area contributed by atoms with Crippen LogP contribution in [-0.2, 0) is 0 Å². The zero-order valence-corrected chi connectivity index (χ0v) is 9.57. The first-order valence-corrected chi connectivity index (χ1v) is 5.02. The van der Waals surface area contributed by atoms with E-state index in [9.17, 15) is 0 Å². The van der Waals surface area contributed by atoms with Gasteiger partial charge in [-0.2, -0.15) is 0 Å². The Morgan fingerprint density at radius 2 is 1.67 bits per heavy atom. The summed E-state index contributed by atoms with van der Waals surface area (Å²) in [4.78, 5) is 0. The zero-order chi connectivity index (χ0) is 9.78. The fourth-order valence-electron chi connectivity index (χ4n) is 1.61. The van der Waals surface area contributed by atoms with E-state index in [0.717, 1.165) is 5.92 Å². The van der Waals surface area contributed by atoms with E-state index in [-0.39, 0.29) is 0 Å². The largest absolute Gasteiger partial charge is 0.317 e. The second-order valence-corrected chi connectivity index (χ2v) is 5.38. The molecular weight excluding hydrogens is 146 g/mol. The minimum atomic E-state index is 0.447. The molecule has 0 aliphatic heterocycles. The van der Waals surface area contributed by atoms with Gasteiger partial charge >= 0.3 is 0 Å². The maximum atomic E-state index is 3.39. The molecule has 0 heterocycles. The Morgan fingerprint density at radius 1 is 1.17 bits per heavy atom. The highest BCUT2D eigenvalue weighted by Crippen LogP contribution is 2.23. The molecule has 1 nitrogen and oxygen atoms in total. The van der Waals surface area contributed by atoms with E-state index >= 15 is 0 Å². The molecule has 1 atom stereocenters. The molecule has 0 aromatic rings. The highest BCUT2D eigenvalue weighted by atomic mass is 14.9. The molecule has 0 bridgehead atoms. The summed E-state index contributed by atoms with van der Waals surface area (Å²) in [5.74, 6) is 0.796. The standard InChI is InChI=1S/C11H25N/c1-9(2)7-10(12-6)8-11(3,4)5/h9-10,12H,7-8H2,1-6H3. The lowest BCUT2D eigenvalue weighted by molar-refractivity contribution is 0.290. The Kier molecular flexibility index (Phi) is 4.84. The Morgan fingerprint density at radius 3 is 1.92 bits per heavy atom. The minimum absolute atomic E-state index is 0.447. The van der Waals surface area contributed by atoms with Crippen LogP contribution >= 0.6 is 0 Å². The molecule has 0 radical (unpaired) electrons. The highest BCUT2D eigenvalue weighted by Gasteiger charge is 2.17. The third kappa shape index (κ3) is 6.66. The van der Waals surface area contributed by atoms with Gasteiger partial charge in [-0.3, -0.25) is 0 Å². The van der Waals surface area contributed by atoms with Crippen molar-refractivity contribution in [1.29, 1.82) is 0 Å². The average Bonchev–Trinajstić information content (AvgIpc) is 1.82. The molecule has 1 heteroatoms. The Labute approximate surface area is 77.9 Å². The monoisotopic (exact) mass is 171 g/mol. The van der Waals surface area contributed by atoms with Crippen molar-refractivity contribution >= 4 is 0 Å². The molecule has 0 aliphatic carbocycles. The van der Waals surface area contributed by atoms with Gasteiger partial charge < -0.3 is 5.32 Å². The molecule has 0 fully saturated rings. The summed E-state index contributed by atoms with van der Waals surface area (Å²) < 4.78 is 0. The van der Waals surface area contributed by atoms with Gasteiger partial charge in [-0.15, -0.1) is 0 Å². The summed E-state index contributed by atoms with van der Waals surface area (Å²) in [6.07, 6.45) is 2.55. The van der Waals surface area contributed by atoms with Gasteiger partial charge in [-0.05, 0) is 31.2 Å². The van der Waals surface area contributed by atoms with E-state index in [4.69, 9.17) is 0 Å². The van der Waals surface area contributed by atoms with E-state index in [1.807, 2.05) is 0 Å². The second-order valence-electron chi connectivity index (χ2n) is 5.38. The molecule has 0 saturated carbocycles. The van der Waals surface area contributed by atoms with Crippen LogP contribution < -0.4 is 5.32 Å². The molecule has 0 amide bonds. The van der Waals surface area contributed by atoms with Gasteiger partial charge in [0.1, 0.15) is 0 Å². The van der Waals surface area contributed by atoms with Crippen molar-refractivity contribution in [3.63, 3.8) is 0 Å². The van der Waals surface area contributed by atoms with Crippen molar-refractivity contribution in [1.82, 2.24) is 5.32 Å². The normalized spacial score (nSPS) is 15.2. The first kappa shape index (κ1) is 12.0. The molecule has 0 saturated heterocycles. The van der Waals surface area contributed by atoms with E-state index in [1.54, 1.807) is 0 Å². The molecule has 0 spiro atoms. The number of nitrogens with one attached hydrogen (secondary N) is 1. The summed E-state index contributed by atoms with van der Waals surface area (Å²) in [5, 5.41) is 3.39. The van der Waals surface area contributed by atoms with Crippen molar-refractivity contribution < 1.29 is 0 Å². The average molecular weight is 171 g/mol. The van der Waals surface area contributed by atoms with E-state index < -0.39 is 0 Å². The van der Waals surface area contributed by atoms with Crippen LogP contribution in [0.1, 0.15) is 47.5 Å². The lowest BCUT2D eigenvalue weighted by atomic mass is 9.85. The van der Waals surface area contributed by atoms with Gasteiger partial charge in [0.2, 0.25) is 0 Å². The van der Waals surface area contributed by atoms with Crippen LogP contribution in [0, 0.1) is 11.3 Å². The summed E-state index contributed by atoms with van der Waals surface area (Å²) in [5.41, 5.74) is 0.447. The number of rotatable bonds is 4. The van der Waals surface area contributed by atoms with Gasteiger partial charge in [0.15, 0.2) is 0 Å². The van der Waals surface area contributed by atoms with Crippen molar-refractivity contribution in [2.24, 2.45) is 11.3 Å². The summed E-state index contributed by atoms with van der Waals surface area (Å²) in [7, 11) is 2.07. The predicted octanol–water partition coefficient (Wildman–Crippen LogP) is 3.06. The van der Waals surface area contributed by atoms with Crippen molar-refractivity contribution in [2.45, 2.75) is 53.5 Å². The van der Waals surface area contributed by atoms with Crippen molar-refractivity contribution in [2.75, 3.05) is 7.05 Å². The van der Waals surface area contributed by atoms with Crippen LogP contribution in [0.3, 0.4) is 0 Å². The molecule has 0 aromatic heterocycles. The van der Waals surface area contributed by atoms with E-state index in [1.165, 1.54) is 12.8 Å². The van der Waals surface area contributed by atoms with Gasteiger partial charge in [0.05, 0.1) is 0 Å². The Hall–Kier alpha value is -0.0400. The van der Waals surface area contributed by atoms with Crippen LogP contribution in [0.4, 0.5) is 0 Å². The van der Waals surface area contributed by atoms with Gasteiger partial charge in [-0.25, -0.2) is 0 Å². The Bertz CT molecular complexity index is 111. The van der Waals surface area contributed by atoms with Crippen molar-refractivity contribution in [3.8, 4) is 0 Å². The first-order chi connectivity index (χ1) is 5.35. The Balaban J connectivity index is 3.83. The fraction of sp³-hybridized carbons (Fsp3) is 1.00. The van der Waals surface area contributed by atoms with Crippen LogP contribution in [0.15, 0.2) is 0 Å². The first-order valence-electron chi connectivity index (χ1n) is 5.02. The molecule has 1 unspecified atom stereocenters. The third-order valence-electron chi connectivity index (χ3n) is 2.02. The minimum Gasteiger partial charge on any atom is -0.317 e. The number of hydrogen-bond acceptors (Lipinski definition) is 1. The fourth-order valence-corrected chi connectivity index (χ4v) is 1.61. The summed E-state index contributed by atoms with van der Waals surface area (Å²) in [6, 6.07) is 0.685. The third-order valence-corrected chi connectivity index (χ3v) is 2.02. The SMILES string of the molecule is CNC(CC(C)C)CC(C)(C)C. The molecule has 74 valence electrons.